The Morgan fingerprint density at radius 1 is 1.14 bits per heavy atom. The fourth-order valence-corrected chi connectivity index (χ4v) is 5.73. The number of fused-ring (bicyclic) bond motifs is 3. The molecule has 3 aromatic rings. The van der Waals surface area contributed by atoms with Gasteiger partial charge < -0.3 is 19.5 Å². The van der Waals surface area contributed by atoms with Crippen molar-refractivity contribution in [3.63, 3.8) is 0 Å². The third kappa shape index (κ3) is 4.25. The summed E-state index contributed by atoms with van der Waals surface area (Å²) in [4.78, 5) is 34.3. The maximum absolute atomic E-state index is 14.0. The normalized spacial score (nSPS) is 26.1. The van der Waals surface area contributed by atoms with Gasteiger partial charge in [-0.25, -0.2) is 4.98 Å². The minimum atomic E-state index is -1.06. The Kier molecular flexibility index (Phi) is 6.49. The Labute approximate surface area is 212 Å². The van der Waals surface area contributed by atoms with Gasteiger partial charge in [0.1, 0.15) is 11.3 Å². The van der Waals surface area contributed by atoms with E-state index >= 15 is 0 Å². The van der Waals surface area contributed by atoms with Gasteiger partial charge in [-0.05, 0) is 61.9 Å². The molecule has 4 unspecified atom stereocenters. The summed E-state index contributed by atoms with van der Waals surface area (Å²) in [6, 6.07) is 15.6. The lowest BCUT2D eigenvalue weighted by Crippen LogP contribution is -2.65. The molecule has 4 atom stereocenters. The molecule has 2 amide bonds. The Morgan fingerprint density at radius 3 is 2.64 bits per heavy atom. The summed E-state index contributed by atoms with van der Waals surface area (Å²) in [5, 5.41) is 3.36. The van der Waals surface area contributed by atoms with E-state index in [0.29, 0.717) is 37.4 Å². The Balaban J connectivity index is 1.51. The van der Waals surface area contributed by atoms with E-state index < -0.39 is 5.54 Å². The van der Waals surface area contributed by atoms with Gasteiger partial charge >= 0.3 is 0 Å². The van der Waals surface area contributed by atoms with E-state index in [1.165, 1.54) is 6.42 Å². The minimum absolute atomic E-state index is 0.101. The molecule has 0 saturated heterocycles. The zero-order valence-electron chi connectivity index (χ0n) is 21.7. The van der Waals surface area contributed by atoms with Crippen LogP contribution in [0.2, 0.25) is 0 Å². The van der Waals surface area contributed by atoms with Crippen molar-refractivity contribution in [1.29, 1.82) is 0 Å². The molecule has 2 heterocycles. The van der Waals surface area contributed by atoms with Gasteiger partial charge in [0.05, 0.1) is 24.2 Å². The lowest BCUT2D eigenvalue weighted by atomic mass is 9.77. The van der Waals surface area contributed by atoms with E-state index in [1.807, 2.05) is 66.9 Å². The highest BCUT2D eigenvalue weighted by molar-refractivity contribution is 6.01. The smallest absolute Gasteiger partial charge is 0.291 e. The van der Waals surface area contributed by atoms with Crippen LogP contribution in [-0.4, -0.2) is 44.5 Å². The fraction of sp³-hybridized carbons (Fsp3) is 0.483. The molecule has 190 valence electrons. The van der Waals surface area contributed by atoms with Crippen LogP contribution in [0.1, 0.15) is 63.1 Å². The summed E-state index contributed by atoms with van der Waals surface area (Å²) >= 11 is 0. The summed E-state index contributed by atoms with van der Waals surface area (Å²) in [5.74, 6) is 1.80. The van der Waals surface area contributed by atoms with Crippen molar-refractivity contribution < 1.29 is 14.3 Å². The van der Waals surface area contributed by atoms with Gasteiger partial charge in [0.25, 0.3) is 5.91 Å². The summed E-state index contributed by atoms with van der Waals surface area (Å²) in [6.07, 6.45) is 3.27. The fourth-order valence-electron chi connectivity index (χ4n) is 5.73. The molecule has 2 aromatic carbocycles. The molecule has 1 aliphatic heterocycles. The van der Waals surface area contributed by atoms with Crippen LogP contribution in [0.4, 0.5) is 0 Å². The predicted octanol–water partition coefficient (Wildman–Crippen LogP) is 4.79. The molecule has 36 heavy (non-hydrogen) atoms. The number of hydrogen-bond acceptors (Lipinski definition) is 4. The number of hydrogen-bond donors (Lipinski definition) is 1. The summed E-state index contributed by atoms with van der Waals surface area (Å²) in [5.41, 5.74) is 1.52. The highest BCUT2D eigenvalue weighted by Gasteiger charge is 2.49. The van der Waals surface area contributed by atoms with Crippen LogP contribution in [0.25, 0.3) is 11.0 Å². The van der Waals surface area contributed by atoms with E-state index in [9.17, 15) is 9.59 Å². The van der Waals surface area contributed by atoms with Gasteiger partial charge in [-0.2, -0.15) is 0 Å². The molecule has 0 bridgehead atoms. The second kappa shape index (κ2) is 9.60. The highest BCUT2D eigenvalue weighted by atomic mass is 16.5. The number of aromatic nitrogens is 2. The molecule has 0 radical (unpaired) electrons. The van der Waals surface area contributed by atoms with Crippen molar-refractivity contribution in [2.24, 2.45) is 11.8 Å². The number of para-hydroxylation sites is 2. The molecule has 1 saturated carbocycles. The van der Waals surface area contributed by atoms with Gasteiger partial charge in [0, 0.05) is 12.6 Å². The molecule has 0 spiro atoms. The number of amides is 2. The van der Waals surface area contributed by atoms with E-state index in [4.69, 9.17) is 4.74 Å². The number of carbonyl (C=O) groups is 2. The minimum Gasteiger partial charge on any atom is -0.494 e. The largest absolute Gasteiger partial charge is 0.494 e. The van der Waals surface area contributed by atoms with Gasteiger partial charge in [-0.1, -0.05) is 51.0 Å². The summed E-state index contributed by atoms with van der Waals surface area (Å²) < 4.78 is 7.49. The van der Waals surface area contributed by atoms with Gasteiger partial charge in [-0.3, -0.25) is 9.59 Å². The maximum atomic E-state index is 14.0. The third-order valence-corrected chi connectivity index (χ3v) is 8.24. The van der Waals surface area contributed by atoms with Crippen LogP contribution in [0, 0.1) is 11.8 Å². The van der Waals surface area contributed by atoms with Crippen molar-refractivity contribution in [3.8, 4) is 5.75 Å². The summed E-state index contributed by atoms with van der Waals surface area (Å²) in [7, 11) is 0. The number of benzene rings is 2. The first-order valence-corrected chi connectivity index (χ1v) is 13.1. The second-order valence-electron chi connectivity index (χ2n) is 10.6. The zero-order chi connectivity index (χ0) is 25.4. The molecular weight excluding hydrogens is 452 g/mol. The first-order chi connectivity index (χ1) is 17.3. The van der Waals surface area contributed by atoms with Crippen molar-refractivity contribution in [2.45, 2.75) is 71.6 Å². The number of nitrogens with one attached hydrogen (secondary N) is 1. The highest BCUT2D eigenvalue weighted by Crippen LogP contribution is 2.34. The van der Waals surface area contributed by atoms with Crippen molar-refractivity contribution in [3.05, 3.63) is 59.9 Å². The number of imidazole rings is 1. The van der Waals surface area contributed by atoms with E-state index in [1.54, 1.807) is 4.90 Å². The number of nitrogens with zero attached hydrogens (tertiary/aromatic N) is 3. The molecule has 5 rings (SSSR count). The van der Waals surface area contributed by atoms with Gasteiger partial charge in [0.15, 0.2) is 5.82 Å². The lowest BCUT2D eigenvalue weighted by Gasteiger charge is -2.45. The molecule has 1 aliphatic carbocycles. The van der Waals surface area contributed by atoms with Crippen LogP contribution in [0.5, 0.6) is 5.75 Å². The van der Waals surface area contributed by atoms with Crippen LogP contribution in [-0.2, 0) is 17.9 Å². The average Bonchev–Trinajstić information content (AvgIpc) is 3.24. The van der Waals surface area contributed by atoms with Crippen LogP contribution >= 0.6 is 0 Å². The topological polar surface area (TPSA) is 76.5 Å². The molecule has 2 aliphatic rings. The quantitative estimate of drug-likeness (QED) is 0.541. The lowest BCUT2D eigenvalue weighted by molar-refractivity contribution is -0.134. The van der Waals surface area contributed by atoms with E-state index in [-0.39, 0.29) is 17.9 Å². The Morgan fingerprint density at radius 2 is 1.89 bits per heavy atom. The Hall–Kier alpha value is -3.35. The molecule has 7 heteroatoms. The van der Waals surface area contributed by atoms with Crippen molar-refractivity contribution in [1.82, 2.24) is 19.8 Å². The first kappa shape index (κ1) is 24.3. The van der Waals surface area contributed by atoms with E-state index in [0.717, 1.165) is 35.2 Å². The second-order valence-corrected chi connectivity index (χ2v) is 10.6. The van der Waals surface area contributed by atoms with E-state index in [2.05, 4.69) is 24.1 Å². The van der Waals surface area contributed by atoms with Gasteiger partial charge in [0.2, 0.25) is 5.91 Å². The average molecular weight is 489 g/mol. The van der Waals surface area contributed by atoms with Crippen LogP contribution < -0.4 is 10.1 Å². The molecular formula is C29H36N4O3. The molecule has 1 N–H and O–H groups in total. The van der Waals surface area contributed by atoms with Crippen molar-refractivity contribution >= 4 is 22.8 Å². The predicted molar refractivity (Wildman–Crippen MR) is 140 cm³/mol. The van der Waals surface area contributed by atoms with Crippen molar-refractivity contribution in [2.75, 3.05) is 6.61 Å². The monoisotopic (exact) mass is 488 g/mol. The van der Waals surface area contributed by atoms with Crippen LogP contribution in [0.3, 0.4) is 0 Å². The molecule has 1 fully saturated rings. The number of ether oxygens (including phenoxy) is 1. The Bertz CT molecular complexity index is 1270. The standard InChI is InChI=1S/C29H36N4O3/c1-5-36-22-15-13-21(14-16-22)17-33-27(34)26-30-24-10-6-7-12-25(24)32(26)18-29(33,4)28(35)31-23-11-8-9-19(2)20(23)3/h6-7,10,12-16,19-20,23H,5,8-9,11,17-18H2,1-4H3,(H,31,35). The first-order valence-electron chi connectivity index (χ1n) is 13.1. The van der Waals surface area contributed by atoms with Gasteiger partial charge in [-0.15, -0.1) is 0 Å². The maximum Gasteiger partial charge on any atom is 0.291 e. The molecule has 1 aromatic heterocycles. The molecule has 7 nitrogen and oxygen atoms in total. The SMILES string of the molecule is CCOc1ccc(CN2C(=O)c3nc4ccccc4n3CC2(C)C(=O)NC2CCCC(C)C2C)cc1. The summed E-state index contributed by atoms with van der Waals surface area (Å²) in [6.45, 7) is 9.59. The number of carbonyl (C=O) groups excluding carboxylic acids is 2. The number of rotatable bonds is 6. The third-order valence-electron chi connectivity index (χ3n) is 8.24. The zero-order valence-corrected chi connectivity index (χ0v) is 21.7. The van der Waals surface area contributed by atoms with Crippen LogP contribution in [0.15, 0.2) is 48.5 Å².